The van der Waals surface area contributed by atoms with Gasteiger partial charge in [0, 0.05) is 45.8 Å². The number of hydrogen-bond donors (Lipinski definition) is 1. The van der Waals surface area contributed by atoms with Gasteiger partial charge in [0.1, 0.15) is 0 Å². The summed E-state index contributed by atoms with van der Waals surface area (Å²) in [6, 6.07) is -0.241. The number of carbonyl (C=O) groups excluding carboxylic acids is 2. The number of fused-ring (bicyclic) bond motifs is 1. The lowest BCUT2D eigenvalue weighted by Gasteiger charge is -2.38. The van der Waals surface area contributed by atoms with Crippen LogP contribution in [0.5, 0.6) is 0 Å². The Morgan fingerprint density at radius 1 is 1.53 bits per heavy atom. The Bertz CT molecular complexity index is 348. The van der Waals surface area contributed by atoms with Gasteiger partial charge in [-0.3, -0.25) is 9.59 Å². The van der Waals surface area contributed by atoms with Crippen LogP contribution >= 0.6 is 0 Å². The van der Waals surface area contributed by atoms with Gasteiger partial charge in [0.05, 0.1) is 6.04 Å². The van der Waals surface area contributed by atoms with Crippen molar-refractivity contribution in [3.63, 3.8) is 0 Å². The van der Waals surface area contributed by atoms with E-state index in [1.54, 1.807) is 7.11 Å². The highest BCUT2D eigenvalue weighted by atomic mass is 16.5. The second-order valence-electron chi connectivity index (χ2n) is 5.31. The van der Waals surface area contributed by atoms with Crippen LogP contribution in [0.3, 0.4) is 0 Å². The van der Waals surface area contributed by atoms with Crippen LogP contribution in [0.1, 0.15) is 25.7 Å². The van der Waals surface area contributed by atoms with Gasteiger partial charge >= 0.3 is 0 Å². The summed E-state index contributed by atoms with van der Waals surface area (Å²) < 4.78 is 4.96. The Hall–Kier alpha value is -1.14. The van der Waals surface area contributed by atoms with Crippen LogP contribution in [-0.4, -0.2) is 67.0 Å². The zero-order chi connectivity index (χ0) is 13.8. The molecule has 2 N–H and O–H groups in total. The molecule has 2 amide bonds. The second-order valence-corrected chi connectivity index (χ2v) is 5.31. The van der Waals surface area contributed by atoms with Crippen LogP contribution in [-0.2, 0) is 14.3 Å². The SMILES string of the molecule is COCCCC(N)C(=O)N1CCN2C(=O)CCC2C1. The number of methoxy groups -OCH3 is 1. The van der Waals surface area contributed by atoms with E-state index in [1.807, 2.05) is 9.80 Å². The largest absolute Gasteiger partial charge is 0.385 e. The minimum absolute atomic E-state index is 0.00935. The van der Waals surface area contributed by atoms with Crippen LogP contribution in [0, 0.1) is 0 Å². The third-order valence-electron chi connectivity index (χ3n) is 3.99. The lowest BCUT2D eigenvalue weighted by Crippen LogP contribution is -2.56. The Labute approximate surface area is 113 Å². The number of piperazine rings is 1. The van der Waals surface area contributed by atoms with Crippen molar-refractivity contribution in [3.05, 3.63) is 0 Å². The summed E-state index contributed by atoms with van der Waals surface area (Å²) in [4.78, 5) is 27.5. The molecule has 0 aliphatic carbocycles. The van der Waals surface area contributed by atoms with E-state index < -0.39 is 6.04 Å². The van der Waals surface area contributed by atoms with E-state index in [1.165, 1.54) is 0 Å². The first kappa shape index (κ1) is 14.3. The number of amides is 2. The second kappa shape index (κ2) is 6.34. The van der Waals surface area contributed by atoms with Crippen LogP contribution in [0.25, 0.3) is 0 Å². The number of hydrogen-bond acceptors (Lipinski definition) is 4. The van der Waals surface area contributed by atoms with E-state index in [-0.39, 0.29) is 17.9 Å². The van der Waals surface area contributed by atoms with Crippen molar-refractivity contribution in [2.75, 3.05) is 33.4 Å². The van der Waals surface area contributed by atoms with E-state index in [0.717, 1.165) is 12.8 Å². The predicted octanol–water partition coefficient (Wildman–Crippen LogP) is -0.426. The smallest absolute Gasteiger partial charge is 0.239 e. The molecule has 19 heavy (non-hydrogen) atoms. The summed E-state index contributed by atoms with van der Waals surface area (Å²) in [6.07, 6.45) is 2.93. The molecule has 2 aliphatic rings. The molecule has 0 aromatic carbocycles. The molecule has 0 aromatic rings. The van der Waals surface area contributed by atoms with Gasteiger partial charge in [-0.2, -0.15) is 0 Å². The number of nitrogens with two attached hydrogens (primary N) is 1. The first-order valence-corrected chi connectivity index (χ1v) is 6.96. The van der Waals surface area contributed by atoms with Crippen molar-refractivity contribution in [1.82, 2.24) is 9.80 Å². The average molecular weight is 269 g/mol. The first-order valence-electron chi connectivity index (χ1n) is 6.96. The Balaban J connectivity index is 1.82. The number of ether oxygens (including phenoxy) is 1. The van der Waals surface area contributed by atoms with Gasteiger partial charge in [0.25, 0.3) is 0 Å². The van der Waals surface area contributed by atoms with Crippen LogP contribution in [0.15, 0.2) is 0 Å². The molecule has 0 bridgehead atoms. The normalized spacial score (nSPS) is 24.5. The lowest BCUT2D eigenvalue weighted by molar-refractivity contribution is -0.140. The molecular weight excluding hydrogens is 246 g/mol. The number of carbonyl (C=O) groups is 2. The maximum absolute atomic E-state index is 12.2. The summed E-state index contributed by atoms with van der Waals surface area (Å²) >= 11 is 0. The highest BCUT2D eigenvalue weighted by Crippen LogP contribution is 2.23. The molecule has 108 valence electrons. The molecule has 6 heteroatoms. The quantitative estimate of drug-likeness (QED) is 0.687. The van der Waals surface area contributed by atoms with Crippen LogP contribution in [0.4, 0.5) is 0 Å². The fourth-order valence-corrected chi connectivity index (χ4v) is 2.87. The van der Waals surface area contributed by atoms with Crippen molar-refractivity contribution >= 4 is 11.8 Å². The van der Waals surface area contributed by atoms with E-state index >= 15 is 0 Å². The highest BCUT2D eigenvalue weighted by molar-refractivity contribution is 5.83. The molecule has 2 atom stereocenters. The minimum Gasteiger partial charge on any atom is -0.385 e. The Morgan fingerprint density at radius 3 is 3.05 bits per heavy atom. The highest BCUT2D eigenvalue weighted by Gasteiger charge is 2.37. The van der Waals surface area contributed by atoms with Crippen molar-refractivity contribution in [1.29, 1.82) is 0 Å². The van der Waals surface area contributed by atoms with Gasteiger partial charge in [-0.05, 0) is 19.3 Å². The molecule has 2 aliphatic heterocycles. The molecule has 2 fully saturated rings. The lowest BCUT2D eigenvalue weighted by atomic mass is 10.1. The fourth-order valence-electron chi connectivity index (χ4n) is 2.87. The molecule has 0 spiro atoms. The summed E-state index contributed by atoms with van der Waals surface area (Å²) in [5.74, 6) is 0.233. The monoisotopic (exact) mass is 269 g/mol. The van der Waals surface area contributed by atoms with Gasteiger partial charge in [0.15, 0.2) is 0 Å². The molecule has 2 unspecified atom stereocenters. The van der Waals surface area contributed by atoms with Crippen molar-refractivity contribution in [2.24, 2.45) is 5.73 Å². The van der Waals surface area contributed by atoms with Gasteiger partial charge in [-0.25, -0.2) is 0 Å². The van der Waals surface area contributed by atoms with E-state index in [0.29, 0.717) is 39.1 Å². The maximum Gasteiger partial charge on any atom is 0.239 e. The average Bonchev–Trinajstić information content (AvgIpc) is 2.79. The Kier molecular flexibility index (Phi) is 4.76. The maximum atomic E-state index is 12.2. The topological polar surface area (TPSA) is 75.9 Å². The van der Waals surface area contributed by atoms with Gasteiger partial charge < -0.3 is 20.3 Å². The molecule has 2 heterocycles. The zero-order valence-corrected chi connectivity index (χ0v) is 11.5. The molecule has 0 aromatic heterocycles. The number of rotatable bonds is 5. The third-order valence-corrected chi connectivity index (χ3v) is 3.99. The summed E-state index contributed by atoms with van der Waals surface area (Å²) in [6.45, 7) is 2.54. The van der Waals surface area contributed by atoms with E-state index in [9.17, 15) is 9.59 Å². The molecule has 0 saturated carbocycles. The third kappa shape index (κ3) is 3.25. The van der Waals surface area contributed by atoms with Crippen LogP contribution in [0.2, 0.25) is 0 Å². The van der Waals surface area contributed by atoms with Crippen molar-refractivity contribution in [3.8, 4) is 0 Å². The van der Waals surface area contributed by atoms with E-state index in [4.69, 9.17) is 10.5 Å². The molecule has 0 radical (unpaired) electrons. The molecule has 2 rings (SSSR count). The summed E-state index contributed by atoms with van der Waals surface area (Å²) in [5, 5.41) is 0. The standard InChI is InChI=1S/C13H23N3O3/c1-19-8-2-3-11(14)13(18)15-6-7-16-10(9-15)4-5-12(16)17/h10-11H,2-9,14H2,1H3. The van der Waals surface area contributed by atoms with Gasteiger partial charge in [-0.15, -0.1) is 0 Å². The zero-order valence-electron chi connectivity index (χ0n) is 11.5. The minimum atomic E-state index is -0.446. The first-order chi connectivity index (χ1) is 9.13. The Morgan fingerprint density at radius 2 is 2.32 bits per heavy atom. The van der Waals surface area contributed by atoms with Crippen molar-refractivity contribution in [2.45, 2.75) is 37.8 Å². The molecule has 2 saturated heterocycles. The summed E-state index contributed by atoms with van der Waals surface area (Å²) in [7, 11) is 1.64. The van der Waals surface area contributed by atoms with E-state index in [2.05, 4.69) is 0 Å². The van der Waals surface area contributed by atoms with Gasteiger partial charge in [-0.1, -0.05) is 0 Å². The van der Waals surface area contributed by atoms with Gasteiger partial charge in [0.2, 0.25) is 11.8 Å². The number of nitrogens with zero attached hydrogens (tertiary/aromatic N) is 2. The fraction of sp³-hybridized carbons (Fsp3) is 0.846. The summed E-state index contributed by atoms with van der Waals surface area (Å²) in [5.41, 5.74) is 5.93. The van der Waals surface area contributed by atoms with Crippen molar-refractivity contribution < 1.29 is 14.3 Å². The predicted molar refractivity (Wildman–Crippen MR) is 70.4 cm³/mol. The van der Waals surface area contributed by atoms with Crippen LogP contribution < -0.4 is 5.73 Å². The molecule has 6 nitrogen and oxygen atoms in total. The molecular formula is C13H23N3O3.